The van der Waals surface area contributed by atoms with Gasteiger partial charge in [-0.05, 0) is 57.1 Å². The van der Waals surface area contributed by atoms with Gasteiger partial charge in [0.2, 0.25) is 5.89 Å². The highest BCUT2D eigenvalue weighted by atomic mass is 16.5. The summed E-state index contributed by atoms with van der Waals surface area (Å²) in [5, 5.41) is 21.9. The summed E-state index contributed by atoms with van der Waals surface area (Å²) in [5.41, 5.74) is 6.88. The van der Waals surface area contributed by atoms with Gasteiger partial charge in [-0.3, -0.25) is 9.59 Å². The second kappa shape index (κ2) is 13.3. The molecule has 0 spiro atoms. The minimum Gasteiger partial charge on any atom is -0.457 e. The molecular weight excluding hydrogens is 460 g/mol. The van der Waals surface area contributed by atoms with Crippen LogP contribution in [0.1, 0.15) is 91.7 Å². The zero-order valence-electron chi connectivity index (χ0n) is 22.6. The van der Waals surface area contributed by atoms with Crippen molar-refractivity contribution in [1.82, 2.24) is 4.98 Å². The molecule has 4 N–H and O–H groups in total. The Hall–Kier alpha value is -2.29. The van der Waals surface area contributed by atoms with Crippen molar-refractivity contribution in [3.63, 3.8) is 0 Å². The summed E-state index contributed by atoms with van der Waals surface area (Å²) < 4.78 is 11.1. The second-order valence-electron chi connectivity index (χ2n) is 10.7. The molecule has 5 atom stereocenters. The predicted molar refractivity (Wildman–Crippen MR) is 139 cm³/mol. The number of ketones is 1. The van der Waals surface area contributed by atoms with Gasteiger partial charge in [0.1, 0.15) is 23.8 Å². The van der Waals surface area contributed by atoms with Crippen molar-refractivity contribution < 1.29 is 29.0 Å². The quantitative estimate of drug-likeness (QED) is 0.407. The molecule has 1 aromatic rings. The zero-order chi connectivity index (χ0) is 27.0. The number of Topliss-reactive ketones (excluding diaryl/α,β-unsaturated/α-hetero) is 1. The SMILES string of the molecule is CC[C@H]1C(=O)C(C)(C)[C@@H](O)CC(=O)O[C@H](/C(C)=C/c2coc(CN)n2)C/C=C(/C)CCC[C@H](C)[C@@H]1O. The number of nitrogens with two attached hydrogens (primary N) is 1. The van der Waals surface area contributed by atoms with Crippen LogP contribution in [0, 0.1) is 17.3 Å². The van der Waals surface area contributed by atoms with Crippen LogP contribution in [0.3, 0.4) is 0 Å². The fourth-order valence-corrected chi connectivity index (χ4v) is 4.66. The summed E-state index contributed by atoms with van der Waals surface area (Å²) in [5.74, 6) is -1.08. The molecule has 1 aromatic heterocycles. The maximum atomic E-state index is 13.4. The molecule has 8 heteroatoms. The molecule has 1 aliphatic rings. The average Bonchev–Trinajstić information content (AvgIpc) is 3.28. The minimum atomic E-state index is -1.24. The highest BCUT2D eigenvalue weighted by Crippen LogP contribution is 2.34. The summed E-state index contributed by atoms with van der Waals surface area (Å²) in [6.45, 7) is 11.2. The monoisotopic (exact) mass is 504 g/mol. The molecule has 0 unspecified atom stereocenters. The van der Waals surface area contributed by atoms with Crippen LogP contribution in [0.25, 0.3) is 6.08 Å². The number of allylic oxidation sites excluding steroid dienone is 1. The van der Waals surface area contributed by atoms with Crippen LogP contribution in [0.15, 0.2) is 27.9 Å². The second-order valence-corrected chi connectivity index (χ2v) is 10.7. The number of nitrogens with zero attached hydrogens (tertiary/aromatic N) is 1. The number of aliphatic hydroxyl groups excluding tert-OH is 2. The van der Waals surface area contributed by atoms with Crippen LogP contribution in [0.2, 0.25) is 0 Å². The Morgan fingerprint density at radius 1 is 1.31 bits per heavy atom. The van der Waals surface area contributed by atoms with E-state index in [9.17, 15) is 19.8 Å². The number of cyclic esters (lactones) is 1. The number of rotatable bonds is 4. The fourth-order valence-electron chi connectivity index (χ4n) is 4.66. The lowest BCUT2D eigenvalue weighted by atomic mass is 9.71. The Morgan fingerprint density at radius 2 is 2.00 bits per heavy atom. The maximum Gasteiger partial charge on any atom is 0.309 e. The van der Waals surface area contributed by atoms with Gasteiger partial charge in [0, 0.05) is 12.3 Å². The van der Waals surface area contributed by atoms with Gasteiger partial charge < -0.3 is 25.1 Å². The largest absolute Gasteiger partial charge is 0.457 e. The highest BCUT2D eigenvalue weighted by molar-refractivity contribution is 5.88. The Balaban J connectivity index is 2.35. The number of carbonyl (C=O) groups is 2. The first-order valence-electron chi connectivity index (χ1n) is 13.0. The molecule has 0 saturated carbocycles. The van der Waals surface area contributed by atoms with E-state index in [2.05, 4.69) is 11.1 Å². The third kappa shape index (κ3) is 7.85. The van der Waals surface area contributed by atoms with Crippen LogP contribution in [-0.4, -0.2) is 45.3 Å². The number of oxazole rings is 1. The number of ether oxygens (including phenoxy) is 1. The molecule has 0 bridgehead atoms. The fraction of sp³-hybridized carbons (Fsp3) is 0.679. The maximum absolute atomic E-state index is 13.4. The summed E-state index contributed by atoms with van der Waals surface area (Å²) in [4.78, 5) is 30.6. The topological polar surface area (TPSA) is 136 Å². The number of carbonyl (C=O) groups excluding carboxylic acids is 2. The van der Waals surface area contributed by atoms with Crippen LogP contribution in [0.5, 0.6) is 0 Å². The number of aromatic nitrogens is 1. The van der Waals surface area contributed by atoms with Crippen molar-refractivity contribution in [2.24, 2.45) is 23.0 Å². The van der Waals surface area contributed by atoms with Gasteiger partial charge in [0.25, 0.3) is 0 Å². The van der Waals surface area contributed by atoms with E-state index < -0.39 is 35.6 Å². The average molecular weight is 505 g/mol. The third-order valence-electron chi connectivity index (χ3n) is 7.41. The van der Waals surface area contributed by atoms with Gasteiger partial charge >= 0.3 is 5.97 Å². The van der Waals surface area contributed by atoms with Gasteiger partial charge in [0.05, 0.1) is 30.6 Å². The third-order valence-corrected chi connectivity index (χ3v) is 7.41. The minimum absolute atomic E-state index is 0.0590. The molecule has 0 amide bonds. The summed E-state index contributed by atoms with van der Waals surface area (Å²) in [7, 11) is 0. The lowest BCUT2D eigenvalue weighted by Gasteiger charge is -2.35. The van der Waals surface area contributed by atoms with Gasteiger partial charge in [-0.25, -0.2) is 4.98 Å². The number of aliphatic hydroxyl groups is 2. The smallest absolute Gasteiger partial charge is 0.309 e. The van der Waals surface area contributed by atoms with Crippen LogP contribution < -0.4 is 5.73 Å². The number of hydrogen-bond acceptors (Lipinski definition) is 8. The molecule has 2 heterocycles. The molecule has 8 nitrogen and oxygen atoms in total. The van der Waals surface area contributed by atoms with Crippen molar-refractivity contribution in [3.8, 4) is 0 Å². The molecule has 202 valence electrons. The standard InChI is InChI=1S/C28H44N2O6/c1-7-21-26(33)18(3)10-8-9-17(2)11-12-22(19(4)13-20-16-35-24(15-29)30-20)36-25(32)14-23(31)28(5,6)27(21)34/h11,13,16,18,21-23,26,31,33H,7-10,12,14-15,29H2,1-6H3/b17-11-,19-13+/t18-,21+,22-,23-,26-/m0/s1. The summed E-state index contributed by atoms with van der Waals surface area (Å²) in [6, 6.07) is 0. The Kier molecular flexibility index (Phi) is 11.1. The van der Waals surface area contributed by atoms with Crippen molar-refractivity contribution >= 4 is 17.8 Å². The highest BCUT2D eigenvalue weighted by Gasteiger charge is 2.43. The number of esters is 1. The molecule has 0 radical (unpaired) electrons. The first kappa shape index (κ1) is 29.9. The van der Waals surface area contributed by atoms with Crippen LogP contribution >= 0.6 is 0 Å². The van der Waals surface area contributed by atoms with E-state index in [1.165, 1.54) is 6.26 Å². The first-order valence-corrected chi connectivity index (χ1v) is 13.0. The van der Waals surface area contributed by atoms with Crippen molar-refractivity contribution in [1.29, 1.82) is 0 Å². The van der Waals surface area contributed by atoms with E-state index in [-0.39, 0.29) is 24.7 Å². The van der Waals surface area contributed by atoms with Gasteiger partial charge in [-0.1, -0.05) is 39.3 Å². The van der Waals surface area contributed by atoms with Crippen LogP contribution in [0.4, 0.5) is 0 Å². The van der Waals surface area contributed by atoms with Crippen molar-refractivity contribution in [2.45, 2.75) is 105 Å². The van der Waals surface area contributed by atoms with E-state index in [4.69, 9.17) is 14.9 Å². The predicted octanol–water partition coefficient (Wildman–Crippen LogP) is 4.34. The molecular formula is C28H44N2O6. The Labute approximate surface area is 215 Å². The number of hydrogen-bond donors (Lipinski definition) is 3. The molecule has 2 rings (SSSR count). The Bertz CT molecular complexity index is 948. The molecule has 0 aliphatic carbocycles. The summed E-state index contributed by atoms with van der Waals surface area (Å²) >= 11 is 0. The molecule has 0 saturated heterocycles. The molecule has 0 fully saturated rings. The van der Waals surface area contributed by atoms with E-state index in [1.807, 2.05) is 27.7 Å². The van der Waals surface area contributed by atoms with Gasteiger partial charge in [-0.15, -0.1) is 0 Å². The molecule has 36 heavy (non-hydrogen) atoms. The zero-order valence-corrected chi connectivity index (χ0v) is 22.6. The lowest BCUT2D eigenvalue weighted by molar-refractivity contribution is -0.154. The van der Waals surface area contributed by atoms with E-state index in [0.717, 1.165) is 30.4 Å². The van der Waals surface area contributed by atoms with E-state index in [1.54, 1.807) is 19.9 Å². The summed E-state index contributed by atoms with van der Waals surface area (Å²) in [6.07, 6.45) is 5.86. The van der Waals surface area contributed by atoms with E-state index in [0.29, 0.717) is 24.4 Å². The van der Waals surface area contributed by atoms with Crippen LogP contribution in [-0.2, 0) is 20.9 Å². The van der Waals surface area contributed by atoms with Gasteiger partial charge in [0.15, 0.2) is 0 Å². The Morgan fingerprint density at radius 3 is 2.61 bits per heavy atom. The molecule has 1 aliphatic heterocycles. The normalized spacial score (nSPS) is 31.0. The molecule has 0 aromatic carbocycles. The van der Waals surface area contributed by atoms with E-state index >= 15 is 0 Å². The first-order chi connectivity index (χ1) is 16.9. The van der Waals surface area contributed by atoms with Crippen molar-refractivity contribution in [3.05, 3.63) is 35.1 Å². The lowest BCUT2D eigenvalue weighted by Crippen LogP contribution is -2.46. The van der Waals surface area contributed by atoms with Crippen molar-refractivity contribution in [2.75, 3.05) is 0 Å². The van der Waals surface area contributed by atoms with Gasteiger partial charge in [-0.2, -0.15) is 0 Å².